The number of pyridine rings is 2. The molecule has 0 aromatic carbocycles. The Morgan fingerprint density at radius 3 is 2.86 bits per heavy atom. The number of nitrogens with one attached hydrogen (secondary N) is 1. The van der Waals surface area contributed by atoms with Gasteiger partial charge in [0.1, 0.15) is 5.82 Å². The quantitative estimate of drug-likeness (QED) is 0.706. The molecule has 0 spiro atoms. The van der Waals surface area contributed by atoms with Gasteiger partial charge in [-0.2, -0.15) is 0 Å². The first kappa shape index (κ1) is 16.4. The van der Waals surface area contributed by atoms with E-state index in [2.05, 4.69) is 25.2 Å². The lowest BCUT2D eigenvalue weighted by molar-refractivity contribution is 0.254. The molecule has 9 heteroatoms. The lowest BCUT2D eigenvalue weighted by atomic mass is 10.1. The minimum atomic E-state index is -0.256. The Kier molecular flexibility index (Phi) is 3.78. The molecule has 3 aromatic heterocycles. The molecule has 5 heterocycles. The summed E-state index contributed by atoms with van der Waals surface area (Å²) in [4.78, 5) is 34.2. The summed E-state index contributed by atoms with van der Waals surface area (Å²) in [6.45, 7) is 1.70. The number of nitrogens with two attached hydrogens (primary N) is 1. The van der Waals surface area contributed by atoms with Crippen molar-refractivity contribution in [1.82, 2.24) is 19.9 Å². The molecule has 1 fully saturated rings. The Labute approximate surface area is 161 Å². The maximum absolute atomic E-state index is 13.1. The number of rotatable bonds is 2. The fourth-order valence-electron chi connectivity index (χ4n) is 3.72. The molecule has 140 valence electrons. The molecule has 0 unspecified atom stereocenters. The standard InChI is InChI=1S/C19H18N8O/c20-16-4-1-12(9-23-16)14-2-3-15-18(24-14)27(13-5-8-26(15)11-13)19(28)25-17-10-21-6-7-22-17/h1-4,6-7,9-10,13H,5,8,11H2,(H2,20,23)(H,22,25,28)/t13-/m0/s1. The minimum absolute atomic E-state index is 0.0662. The van der Waals surface area contributed by atoms with Gasteiger partial charge in [-0.1, -0.05) is 0 Å². The molecule has 0 aliphatic carbocycles. The average molecular weight is 374 g/mol. The van der Waals surface area contributed by atoms with Crippen LogP contribution in [-0.4, -0.2) is 45.1 Å². The lowest BCUT2D eigenvalue weighted by Crippen LogP contribution is -2.48. The third kappa shape index (κ3) is 2.77. The van der Waals surface area contributed by atoms with Crippen LogP contribution in [0, 0.1) is 0 Å². The van der Waals surface area contributed by atoms with Gasteiger partial charge in [0, 0.05) is 37.2 Å². The Balaban J connectivity index is 1.53. The lowest BCUT2D eigenvalue weighted by Gasteiger charge is -2.35. The summed E-state index contributed by atoms with van der Waals surface area (Å²) in [7, 11) is 0. The monoisotopic (exact) mass is 374 g/mol. The molecule has 0 saturated carbocycles. The summed E-state index contributed by atoms with van der Waals surface area (Å²) in [6, 6.07) is 7.38. The largest absolute Gasteiger partial charge is 0.384 e. The van der Waals surface area contributed by atoms with E-state index >= 15 is 0 Å². The molecule has 1 atom stereocenters. The highest BCUT2D eigenvalue weighted by atomic mass is 16.2. The molecular formula is C19H18N8O. The first-order chi connectivity index (χ1) is 13.7. The second kappa shape index (κ2) is 6.45. The second-order valence-electron chi connectivity index (χ2n) is 6.79. The highest BCUT2D eigenvalue weighted by Gasteiger charge is 2.40. The van der Waals surface area contributed by atoms with Gasteiger partial charge in [-0.25, -0.2) is 19.7 Å². The van der Waals surface area contributed by atoms with Gasteiger partial charge in [-0.15, -0.1) is 0 Å². The van der Waals surface area contributed by atoms with Crippen molar-refractivity contribution in [1.29, 1.82) is 0 Å². The smallest absolute Gasteiger partial charge is 0.329 e. The summed E-state index contributed by atoms with van der Waals surface area (Å²) < 4.78 is 0. The van der Waals surface area contributed by atoms with Crippen molar-refractivity contribution in [3.05, 3.63) is 49.1 Å². The van der Waals surface area contributed by atoms with E-state index in [0.29, 0.717) is 17.5 Å². The Hall–Kier alpha value is -3.75. The maximum Gasteiger partial charge on any atom is 0.329 e. The van der Waals surface area contributed by atoms with Crippen molar-refractivity contribution in [2.45, 2.75) is 12.5 Å². The van der Waals surface area contributed by atoms with Crippen LogP contribution in [0.15, 0.2) is 49.1 Å². The number of carbonyl (C=O) groups excluding carboxylic acids is 1. The molecule has 3 N–H and O–H groups in total. The maximum atomic E-state index is 13.1. The Morgan fingerprint density at radius 2 is 2.07 bits per heavy atom. The topological polar surface area (TPSA) is 113 Å². The van der Waals surface area contributed by atoms with Crippen LogP contribution >= 0.6 is 0 Å². The number of carbonyl (C=O) groups is 1. The highest BCUT2D eigenvalue weighted by Crippen LogP contribution is 2.40. The van der Waals surface area contributed by atoms with E-state index < -0.39 is 0 Å². The predicted molar refractivity (Wildman–Crippen MR) is 106 cm³/mol. The van der Waals surface area contributed by atoms with Crippen molar-refractivity contribution in [3.63, 3.8) is 0 Å². The summed E-state index contributed by atoms with van der Waals surface area (Å²) in [6.07, 6.45) is 7.21. The van der Waals surface area contributed by atoms with Crippen molar-refractivity contribution >= 4 is 29.2 Å². The van der Waals surface area contributed by atoms with Gasteiger partial charge in [0.2, 0.25) is 0 Å². The fraction of sp³-hybridized carbons (Fsp3) is 0.211. The SMILES string of the molecule is Nc1ccc(-c2ccc3c(n2)N(C(=O)Nc2cnccn2)[C@H]2CCN3C2)cn1. The van der Waals surface area contributed by atoms with Crippen molar-refractivity contribution < 1.29 is 4.79 Å². The van der Waals surface area contributed by atoms with Crippen LogP contribution in [0.3, 0.4) is 0 Å². The molecule has 2 aliphatic heterocycles. The van der Waals surface area contributed by atoms with E-state index in [1.54, 1.807) is 29.6 Å². The van der Waals surface area contributed by atoms with E-state index in [9.17, 15) is 4.79 Å². The van der Waals surface area contributed by atoms with E-state index in [0.717, 1.165) is 36.5 Å². The van der Waals surface area contributed by atoms with Crippen molar-refractivity contribution in [3.8, 4) is 11.3 Å². The molecule has 2 bridgehead atoms. The summed E-state index contributed by atoms with van der Waals surface area (Å²) >= 11 is 0. The van der Waals surface area contributed by atoms with Crippen LogP contribution in [0.1, 0.15) is 6.42 Å². The van der Waals surface area contributed by atoms with Gasteiger partial charge in [-0.05, 0) is 30.7 Å². The minimum Gasteiger partial charge on any atom is -0.384 e. The van der Waals surface area contributed by atoms with Gasteiger partial charge in [0.15, 0.2) is 11.6 Å². The van der Waals surface area contributed by atoms with Gasteiger partial charge in [0.05, 0.1) is 23.6 Å². The molecule has 28 heavy (non-hydrogen) atoms. The van der Waals surface area contributed by atoms with Gasteiger partial charge in [0.25, 0.3) is 0 Å². The molecular weight excluding hydrogens is 356 g/mol. The first-order valence-electron chi connectivity index (χ1n) is 9.03. The average Bonchev–Trinajstić information content (AvgIpc) is 3.13. The normalized spacial score (nSPS) is 17.4. The zero-order valence-electron chi connectivity index (χ0n) is 15.0. The number of nitrogen functional groups attached to an aromatic ring is 1. The highest BCUT2D eigenvalue weighted by molar-refractivity contribution is 6.04. The number of anilines is 4. The van der Waals surface area contributed by atoms with Crippen LogP contribution < -0.4 is 20.9 Å². The second-order valence-corrected chi connectivity index (χ2v) is 6.79. The molecule has 2 amide bonds. The van der Waals surface area contributed by atoms with Crippen LogP contribution in [-0.2, 0) is 0 Å². The Morgan fingerprint density at radius 1 is 1.14 bits per heavy atom. The van der Waals surface area contributed by atoms with Crippen LogP contribution in [0.5, 0.6) is 0 Å². The number of aromatic nitrogens is 4. The van der Waals surface area contributed by atoms with Crippen molar-refractivity contribution in [2.24, 2.45) is 0 Å². The molecule has 0 radical (unpaired) electrons. The molecule has 2 aliphatic rings. The van der Waals surface area contributed by atoms with Crippen LogP contribution in [0.4, 0.5) is 27.9 Å². The zero-order chi connectivity index (χ0) is 19.1. The van der Waals surface area contributed by atoms with Gasteiger partial charge < -0.3 is 10.6 Å². The fourth-order valence-corrected chi connectivity index (χ4v) is 3.72. The summed E-state index contributed by atoms with van der Waals surface area (Å²) in [5, 5.41) is 2.83. The van der Waals surface area contributed by atoms with E-state index in [1.165, 1.54) is 6.20 Å². The number of nitrogens with zero attached hydrogens (tertiary/aromatic N) is 6. The number of urea groups is 1. The molecule has 3 aromatic rings. The summed E-state index contributed by atoms with van der Waals surface area (Å²) in [5.74, 6) is 1.51. The molecule has 1 saturated heterocycles. The number of hydrogen-bond acceptors (Lipinski definition) is 7. The Bertz CT molecular complexity index is 1020. The first-order valence-corrected chi connectivity index (χ1v) is 9.03. The van der Waals surface area contributed by atoms with Crippen LogP contribution in [0.2, 0.25) is 0 Å². The molecule has 5 rings (SSSR count). The van der Waals surface area contributed by atoms with Gasteiger partial charge >= 0.3 is 6.03 Å². The molecule has 9 nitrogen and oxygen atoms in total. The number of fused-ring (bicyclic) bond motifs is 4. The number of hydrogen-bond donors (Lipinski definition) is 2. The third-order valence-corrected chi connectivity index (χ3v) is 5.05. The third-order valence-electron chi connectivity index (χ3n) is 5.05. The van der Waals surface area contributed by atoms with E-state index in [-0.39, 0.29) is 12.1 Å². The summed E-state index contributed by atoms with van der Waals surface area (Å²) in [5.41, 5.74) is 8.23. The zero-order valence-corrected chi connectivity index (χ0v) is 15.0. The van der Waals surface area contributed by atoms with Gasteiger partial charge in [-0.3, -0.25) is 15.2 Å². The predicted octanol–water partition coefficient (Wildman–Crippen LogP) is 2.15. The van der Waals surface area contributed by atoms with E-state index in [1.807, 2.05) is 18.2 Å². The van der Waals surface area contributed by atoms with Crippen molar-refractivity contribution in [2.75, 3.05) is 33.9 Å². The number of amides is 2. The van der Waals surface area contributed by atoms with E-state index in [4.69, 9.17) is 10.7 Å². The van der Waals surface area contributed by atoms with Crippen LogP contribution in [0.25, 0.3) is 11.3 Å².